The van der Waals surface area contributed by atoms with Gasteiger partial charge in [-0.05, 0) is 40.8 Å². The highest BCUT2D eigenvalue weighted by atomic mass is 127. The maximum absolute atomic E-state index is 11.8. The minimum atomic E-state index is -1.31. The number of aliphatic carboxylic acids is 2. The molecule has 7 nitrogen and oxygen atoms in total. The maximum Gasteiger partial charge on any atom is 0.323 e. The molecule has 108 valence electrons. The molecule has 0 aliphatic rings. The summed E-state index contributed by atoms with van der Waals surface area (Å²) in [6.45, 7) is -1.44. The van der Waals surface area contributed by atoms with Crippen molar-refractivity contribution in [2.24, 2.45) is 0 Å². The first kappa shape index (κ1) is 16.5. The maximum atomic E-state index is 11.8. The number of halogens is 2. The Balaban J connectivity index is 2.84. The van der Waals surface area contributed by atoms with E-state index in [9.17, 15) is 14.4 Å². The number of hydrogen-bond acceptors (Lipinski definition) is 3. The van der Waals surface area contributed by atoms with E-state index in [-0.39, 0.29) is 10.7 Å². The van der Waals surface area contributed by atoms with Gasteiger partial charge in [-0.15, -0.1) is 0 Å². The lowest BCUT2D eigenvalue weighted by Gasteiger charge is -2.19. The molecular weight excluding hydrogens is 402 g/mol. The average molecular weight is 413 g/mol. The fourth-order valence-corrected chi connectivity index (χ4v) is 2.21. The van der Waals surface area contributed by atoms with Gasteiger partial charge in [0.2, 0.25) is 0 Å². The van der Waals surface area contributed by atoms with Crippen LogP contribution in [0.2, 0.25) is 5.02 Å². The lowest BCUT2D eigenvalue weighted by molar-refractivity contribution is -0.140. The van der Waals surface area contributed by atoms with Gasteiger partial charge in [-0.2, -0.15) is 0 Å². The number of benzene rings is 1. The second kappa shape index (κ2) is 7.29. The fraction of sp³-hybridized carbons (Fsp3) is 0.182. The van der Waals surface area contributed by atoms with Gasteiger partial charge < -0.3 is 20.4 Å². The molecule has 0 saturated heterocycles. The van der Waals surface area contributed by atoms with Crippen LogP contribution >= 0.6 is 34.2 Å². The van der Waals surface area contributed by atoms with Crippen molar-refractivity contribution in [3.8, 4) is 0 Å². The van der Waals surface area contributed by atoms with Crippen LogP contribution in [0.1, 0.15) is 0 Å². The van der Waals surface area contributed by atoms with E-state index in [1.54, 1.807) is 18.2 Å². The summed E-state index contributed by atoms with van der Waals surface area (Å²) in [7, 11) is 0. The summed E-state index contributed by atoms with van der Waals surface area (Å²) in [5.41, 5.74) is 0.276. The van der Waals surface area contributed by atoms with Crippen molar-refractivity contribution in [3.63, 3.8) is 0 Å². The molecule has 0 unspecified atom stereocenters. The van der Waals surface area contributed by atoms with Gasteiger partial charge in [-0.3, -0.25) is 9.59 Å². The van der Waals surface area contributed by atoms with E-state index in [2.05, 4.69) is 5.32 Å². The first-order valence-corrected chi connectivity index (χ1v) is 6.70. The van der Waals surface area contributed by atoms with Crippen LogP contribution < -0.4 is 5.32 Å². The molecule has 3 N–H and O–H groups in total. The zero-order valence-corrected chi connectivity index (χ0v) is 12.9. The lowest BCUT2D eigenvalue weighted by atomic mass is 10.3. The smallest absolute Gasteiger partial charge is 0.323 e. The first-order chi connectivity index (χ1) is 9.29. The second-order valence-corrected chi connectivity index (χ2v) is 5.35. The molecule has 1 rings (SSSR count). The zero-order valence-electron chi connectivity index (χ0n) is 9.97. The lowest BCUT2D eigenvalue weighted by Crippen LogP contribution is -2.42. The normalized spacial score (nSPS) is 9.90. The van der Waals surface area contributed by atoms with E-state index >= 15 is 0 Å². The van der Waals surface area contributed by atoms with Gasteiger partial charge in [0.05, 0.1) is 10.7 Å². The van der Waals surface area contributed by atoms with Gasteiger partial charge in [-0.1, -0.05) is 11.6 Å². The molecular formula is C11H10ClIN2O5. The minimum Gasteiger partial charge on any atom is -0.480 e. The van der Waals surface area contributed by atoms with E-state index in [1.807, 2.05) is 22.6 Å². The molecule has 0 saturated carbocycles. The number of carbonyl (C=O) groups excluding carboxylic acids is 1. The van der Waals surface area contributed by atoms with Crippen LogP contribution in [-0.4, -0.2) is 46.2 Å². The largest absolute Gasteiger partial charge is 0.480 e. The number of amides is 2. The Labute approximate surface area is 132 Å². The van der Waals surface area contributed by atoms with Crippen LogP contribution in [0.3, 0.4) is 0 Å². The topological polar surface area (TPSA) is 107 Å². The number of anilines is 1. The fourth-order valence-electron chi connectivity index (χ4n) is 1.31. The molecule has 0 aliphatic heterocycles. The molecule has 2 amide bonds. The molecule has 0 fully saturated rings. The van der Waals surface area contributed by atoms with E-state index in [4.69, 9.17) is 21.8 Å². The van der Waals surface area contributed by atoms with Crippen LogP contribution in [-0.2, 0) is 9.59 Å². The van der Waals surface area contributed by atoms with Gasteiger partial charge >= 0.3 is 18.0 Å². The molecule has 0 radical (unpaired) electrons. The molecule has 0 aromatic heterocycles. The third kappa shape index (κ3) is 5.21. The van der Waals surface area contributed by atoms with Crippen molar-refractivity contribution >= 4 is 57.8 Å². The summed E-state index contributed by atoms with van der Waals surface area (Å²) in [5.74, 6) is -2.62. The number of rotatable bonds is 5. The highest BCUT2D eigenvalue weighted by molar-refractivity contribution is 14.1. The van der Waals surface area contributed by atoms with E-state index in [1.165, 1.54) is 0 Å². The summed E-state index contributed by atoms with van der Waals surface area (Å²) in [4.78, 5) is 33.7. The van der Waals surface area contributed by atoms with E-state index in [0.717, 1.165) is 3.57 Å². The number of hydrogen-bond donors (Lipinski definition) is 3. The number of urea groups is 1. The van der Waals surface area contributed by atoms with Crippen molar-refractivity contribution in [1.29, 1.82) is 0 Å². The number of nitrogens with zero attached hydrogens (tertiary/aromatic N) is 1. The molecule has 0 heterocycles. The molecule has 20 heavy (non-hydrogen) atoms. The monoisotopic (exact) mass is 412 g/mol. The van der Waals surface area contributed by atoms with Crippen LogP contribution in [0.25, 0.3) is 0 Å². The third-order valence-corrected chi connectivity index (χ3v) is 3.10. The molecule has 1 aromatic carbocycles. The van der Waals surface area contributed by atoms with Crippen LogP contribution in [0.15, 0.2) is 18.2 Å². The molecule has 0 bridgehead atoms. The average Bonchev–Trinajstić information content (AvgIpc) is 2.30. The van der Waals surface area contributed by atoms with Crippen LogP contribution in [0, 0.1) is 3.57 Å². The number of carboxylic acid groups (broad SMARTS) is 2. The van der Waals surface area contributed by atoms with Crippen molar-refractivity contribution in [1.82, 2.24) is 4.90 Å². The van der Waals surface area contributed by atoms with Crippen molar-refractivity contribution < 1.29 is 24.6 Å². The van der Waals surface area contributed by atoms with E-state index in [0.29, 0.717) is 4.90 Å². The van der Waals surface area contributed by atoms with Crippen molar-refractivity contribution in [2.45, 2.75) is 0 Å². The highest BCUT2D eigenvalue weighted by Crippen LogP contribution is 2.24. The highest BCUT2D eigenvalue weighted by Gasteiger charge is 2.20. The third-order valence-electron chi connectivity index (χ3n) is 2.11. The minimum absolute atomic E-state index is 0.274. The Kier molecular flexibility index (Phi) is 6.02. The van der Waals surface area contributed by atoms with Gasteiger partial charge in [-0.25, -0.2) is 4.79 Å². The van der Waals surface area contributed by atoms with Crippen molar-refractivity contribution in [2.75, 3.05) is 18.4 Å². The summed E-state index contributed by atoms with van der Waals surface area (Å²) >= 11 is 7.96. The number of carbonyl (C=O) groups is 3. The first-order valence-electron chi connectivity index (χ1n) is 5.24. The molecule has 9 heteroatoms. The van der Waals surface area contributed by atoms with E-state index < -0.39 is 31.1 Å². The molecule has 0 aliphatic carbocycles. The Morgan fingerprint density at radius 1 is 1.20 bits per heavy atom. The SMILES string of the molecule is O=C(O)CN(CC(=O)O)C(=O)Nc1ccc(I)cc1Cl. The number of carboxylic acids is 2. The van der Waals surface area contributed by atoms with Crippen LogP contribution in [0.4, 0.5) is 10.5 Å². The van der Waals surface area contributed by atoms with Crippen LogP contribution in [0.5, 0.6) is 0 Å². The summed E-state index contributed by atoms with van der Waals surface area (Å²) in [6.07, 6.45) is 0. The van der Waals surface area contributed by atoms with Crippen molar-refractivity contribution in [3.05, 3.63) is 26.8 Å². The molecule has 1 aromatic rings. The summed E-state index contributed by atoms with van der Waals surface area (Å²) in [5, 5.41) is 20.0. The predicted molar refractivity (Wildman–Crippen MR) is 80.0 cm³/mol. The standard InChI is InChI=1S/C11H10ClIN2O5/c12-7-3-6(13)1-2-8(7)14-11(20)15(4-9(16)17)5-10(18)19/h1-3H,4-5H2,(H,14,20)(H,16,17)(H,18,19). The molecule has 0 atom stereocenters. The van der Waals surface area contributed by atoms with Gasteiger partial charge in [0, 0.05) is 3.57 Å². The zero-order chi connectivity index (χ0) is 15.3. The Morgan fingerprint density at radius 3 is 2.20 bits per heavy atom. The van der Waals surface area contributed by atoms with Gasteiger partial charge in [0.1, 0.15) is 13.1 Å². The van der Waals surface area contributed by atoms with Gasteiger partial charge in [0.15, 0.2) is 0 Å². The molecule has 0 spiro atoms. The second-order valence-electron chi connectivity index (χ2n) is 3.70. The number of nitrogens with one attached hydrogen (secondary N) is 1. The summed E-state index contributed by atoms with van der Waals surface area (Å²) in [6, 6.07) is 4.00. The van der Waals surface area contributed by atoms with Gasteiger partial charge in [0.25, 0.3) is 0 Å². The summed E-state index contributed by atoms with van der Waals surface area (Å²) < 4.78 is 0.860. The predicted octanol–water partition coefficient (Wildman–Crippen LogP) is 1.95. The Bertz CT molecular complexity index is 536. The Hall–Kier alpha value is -1.55. The quantitative estimate of drug-likeness (QED) is 0.641. The Morgan fingerprint density at radius 2 is 1.75 bits per heavy atom.